The molecule has 0 amide bonds. The van der Waals surface area contributed by atoms with E-state index in [0.717, 1.165) is 37.5 Å². The van der Waals surface area contributed by atoms with Crippen LogP contribution in [0.4, 0.5) is 0 Å². The van der Waals surface area contributed by atoms with E-state index in [2.05, 4.69) is 4.98 Å². The van der Waals surface area contributed by atoms with Gasteiger partial charge in [-0.25, -0.2) is 4.98 Å². The first-order valence-electron chi connectivity index (χ1n) is 5.54. The molecule has 1 fully saturated rings. The van der Waals surface area contributed by atoms with Crippen LogP contribution in [0.1, 0.15) is 30.9 Å². The van der Waals surface area contributed by atoms with Crippen molar-refractivity contribution < 1.29 is 14.3 Å². The average Bonchev–Trinajstić information content (AvgIpc) is 2.68. The Morgan fingerprint density at radius 2 is 2.40 bits per heavy atom. The van der Waals surface area contributed by atoms with Gasteiger partial charge >= 0.3 is 0 Å². The van der Waals surface area contributed by atoms with Gasteiger partial charge in [-0.3, -0.25) is 0 Å². The number of hydrogen-bond acceptors (Lipinski definition) is 4. The summed E-state index contributed by atoms with van der Waals surface area (Å²) in [7, 11) is 0. The third kappa shape index (κ3) is 3.04. The monoisotopic (exact) mass is 211 g/mol. The number of aliphatic hydroxyl groups excluding tert-OH is 1. The number of nitrogens with zero attached hydrogens (tertiary/aromatic N) is 1. The van der Waals surface area contributed by atoms with Gasteiger partial charge in [0.05, 0.1) is 25.3 Å². The minimum absolute atomic E-state index is 0.106. The van der Waals surface area contributed by atoms with E-state index in [1.165, 1.54) is 6.42 Å². The van der Waals surface area contributed by atoms with Crippen LogP contribution in [0.3, 0.4) is 0 Å². The second kappa shape index (κ2) is 5.28. The van der Waals surface area contributed by atoms with Crippen LogP contribution in [0.2, 0.25) is 0 Å². The zero-order valence-corrected chi connectivity index (χ0v) is 8.82. The molecule has 4 nitrogen and oxygen atoms in total. The number of aliphatic hydroxyl groups is 1. The Morgan fingerprint density at radius 1 is 1.47 bits per heavy atom. The van der Waals surface area contributed by atoms with E-state index < -0.39 is 0 Å². The summed E-state index contributed by atoms with van der Waals surface area (Å²) in [5, 5.41) is 8.74. The van der Waals surface area contributed by atoms with Crippen molar-refractivity contribution in [3.05, 3.63) is 17.8 Å². The molecule has 1 aliphatic rings. The van der Waals surface area contributed by atoms with Crippen LogP contribution in [0.5, 0.6) is 0 Å². The van der Waals surface area contributed by atoms with E-state index in [9.17, 15) is 0 Å². The molecule has 1 N–H and O–H groups in total. The Labute approximate surface area is 89.3 Å². The predicted octanol–water partition coefficient (Wildman–Crippen LogP) is 1.32. The summed E-state index contributed by atoms with van der Waals surface area (Å²) < 4.78 is 11.1. The van der Waals surface area contributed by atoms with Crippen molar-refractivity contribution in [1.82, 2.24) is 4.98 Å². The molecular weight excluding hydrogens is 194 g/mol. The molecule has 1 aromatic rings. The molecule has 0 aromatic carbocycles. The van der Waals surface area contributed by atoms with E-state index in [1.54, 1.807) is 6.20 Å². The first-order valence-corrected chi connectivity index (χ1v) is 5.54. The molecule has 0 saturated carbocycles. The van der Waals surface area contributed by atoms with Gasteiger partial charge < -0.3 is 14.3 Å². The molecule has 15 heavy (non-hydrogen) atoms. The Hall–Kier alpha value is -0.870. The van der Waals surface area contributed by atoms with E-state index >= 15 is 0 Å². The largest absolute Gasteiger partial charge is 0.446 e. The third-order valence-electron chi connectivity index (χ3n) is 2.64. The lowest BCUT2D eigenvalue weighted by molar-refractivity contribution is 0.0130. The summed E-state index contributed by atoms with van der Waals surface area (Å²) in [5.41, 5.74) is 0. The molecule has 4 heteroatoms. The van der Waals surface area contributed by atoms with Crippen LogP contribution in [0.15, 0.2) is 10.6 Å². The molecule has 1 aromatic heterocycles. The predicted molar refractivity (Wildman–Crippen MR) is 54.6 cm³/mol. The second-order valence-corrected chi connectivity index (χ2v) is 3.89. The van der Waals surface area contributed by atoms with Crippen LogP contribution in [-0.4, -0.2) is 29.4 Å². The fourth-order valence-electron chi connectivity index (χ4n) is 1.83. The van der Waals surface area contributed by atoms with E-state index in [-0.39, 0.29) is 12.7 Å². The van der Waals surface area contributed by atoms with Gasteiger partial charge in [-0.2, -0.15) is 0 Å². The zero-order valence-electron chi connectivity index (χ0n) is 8.82. The maximum absolute atomic E-state index is 8.74. The molecule has 84 valence electrons. The van der Waals surface area contributed by atoms with Gasteiger partial charge in [0, 0.05) is 13.0 Å². The molecular formula is C11H17NO3. The summed E-state index contributed by atoms with van der Waals surface area (Å²) in [5.74, 6) is 1.48. The number of hydrogen-bond donors (Lipinski definition) is 1. The Kier molecular flexibility index (Phi) is 3.75. The lowest BCUT2D eigenvalue weighted by Crippen LogP contribution is -2.21. The van der Waals surface area contributed by atoms with Gasteiger partial charge in [0.15, 0.2) is 5.89 Å². The smallest absolute Gasteiger partial charge is 0.196 e. The summed E-state index contributed by atoms with van der Waals surface area (Å²) in [6.45, 7) is 0.962. The van der Waals surface area contributed by atoms with E-state index in [0.29, 0.717) is 6.42 Å². The van der Waals surface area contributed by atoms with Crippen molar-refractivity contribution >= 4 is 0 Å². The zero-order chi connectivity index (χ0) is 10.5. The van der Waals surface area contributed by atoms with Gasteiger partial charge in [0.2, 0.25) is 0 Å². The standard InChI is InChI=1S/C11H17NO3/c13-5-4-10-8-12-11(15-10)7-9-3-1-2-6-14-9/h8-9,13H,1-7H2. The highest BCUT2D eigenvalue weighted by molar-refractivity contribution is 4.95. The Balaban J connectivity index is 1.86. The maximum Gasteiger partial charge on any atom is 0.196 e. The number of aromatic nitrogens is 1. The first kappa shape index (κ1) is 10.6. The van der Waals surface area contributed by atoms with Crippen molar-refractivity contribution in [3.8, 4) is 0 Å². The van der Waals surface area contributed by atoms with Crippen LogP contribution < -0.4 is 0 Å². The molecule has 0 aliphatic carbocycles. The third-order valence-corrected chi connectivity index (χ3v) is 2.64. The molecule has 2 heterocycles. The second-order valence-electron chi connectivity index (χ2n) is 3.89. The van der Waals surface area contributed by atoms with Gasteiger partial charge in [0.1, 0.15) is 5.76 Å². The maximum atomic E-state index is 8.74. The fourth-order valence-corrected chi connectivity index (χ4v) is 1.83. The van der Waals surface area contributed by atoms with Crippen LogP contribution in [-0.2, 0) is 17.6 Å². The van der Waals surface area contributed by atoms with Gasteiger partial charge in [-0.05, 0) is 19.3 Å². The van der Waals surface area contributed by atoms with Crippen LogP contribution in [0, 0.1) is 0 Å². The highest BCUT2D eigenvalue weighted by Gasteiger charge is 2.16. The van der Waals surface area contributed by atoms with Gasteiger partial charge in [0.25, 0.3) is 0 Å². The summed E-state index contributed by atoms with van der Waals surface area (Å²) in [6.07, 6.45) is 6.74. The van der Waals surface area contributed by atoms with Gasteiger partial charge in [-0.15, -0.1) is 0 Å². The molecule has 0 bridgehead atoms. The molecule has 0 spiro atoms. The Bertz CT molecular complexity index is 292. The van der Waals surface area contributed by atoms with E-state index in [4.69, 9.17) is 14.3 Å². The summed E-state index contributed by atoms with van der Waals surface area (Å²) in [4.78, 5) is 4.17. The number of ether oxygens (including phenoxy) is 1. The van der Waals surface area contributed by atoms with Gasteiger partial charge in [-0.1, -0.05) is 0 Å². The molecule has 1 unspecified atom stereocenters. The van der Waals surface area contributed by atoms with Crippen LogP contribution in [0.25, 0.3) is 0 Å². The fraction of sp³-hybridized carbons (Fsp3) is 0.727. The summed E-state index contributed by atoms with van der Waals surface area (Å²) in [6, 6.07) is 0. The first-order chi connectivity index (χ1) is 7.38. The van der Waals surface area contributed by atoms with Crippen molar-refractivity contribution in [3.63, 3.8) is 0 Å². The molecule has 1 saturated heterocycles. The minimum Gasteiger partial charge on any atom is -0.446 e. The summed E-state index contributed by atoms with van der Waals surface area (Å²) >= 11 is 0. The SMILES string of the molecule is OCCc1cnc(CC2CCCCO2)o1. The van der Waals surface area contributed by atoms with Crippen LogP contribution >= 0.6 is 0 Å². The van der Waals surface area contributed by atoms with Crippen molar-refractivity contribution in [2.75, 3.05) is 13.2 Å². The molecule has 1 atom stereocenters. The normalized spacial score (nSPS) is 21.8. The number of rotatable bonds is 4. The minimum atomic E-state index is 0.106. The molecule has 1 aliphatic heterocycles. The quantitative estimate of drug-likeness (QED) is 0.816. The van der Waals surface area contributed by atoms with Crippen molar-refractivity contribution in [2.45, 2.75) is 38.2 Å². The highest BCUT2D eigenvalue weighted by atomic mass is 16.5. The van der Waals surface area contributed by atoms with Crippen molar-refractivity contribution in [1.29, 1.82) is 0 Å². The lowest BCUT2D eigenvalue weighted by Gasteiger charge is -2.20. The molecule has 2 rings (SSSR count). The van der Waals surface area contributed by atoms with E-state index in [1.807, 2.05) is 0 Å². The topological polar surface area (TPSA) is 55.5 Å². The average molecular weight is 211 g/mol. The van der Waals surface area contributed by atoms with Crippen molar-refractivity contribution in [2.24, 2.45) is 0 Å². The highest BCUT2D eigenvalue weighted by Crippen LogP contribution is 2.17. The Morgan fingerprint density at radius 3 is 3.13 bits per heavy atom. The molecule has 0 radical (unpaired) electrons. The lowest BCUT2D eigenvalue weighted by atomic mass is 10.1. The number of oxazole rings is 1.